The van der Waals surface area contributed by atoms with E-state index in [9.17, 15) is 4.79 Å². The molecule has 0 aliphatic heterocycles. The number of aryl methyl sites for hydroxylation is 1. The van der Waals surface area contributed by atoms with Crippen molar-refractivity contribution >= 4 is 5.97 Å². The monoisotopic (exact) mass is 265 g/mol. The molecule has 0 aromatic heterocycles. The smallest absolute Gasteiger partial charge is 0.303 e. The second-order valence-corrected chi connectivity index (χ2v) is 4.72. The van der Waals surface area contributed by atoms with Crippen LogP contribution >= 0.6 is 0 Å². The molecular formula is C15H23NO3. The van der Waals surface area contributed by atoms with E-state index in [-0.39, 0.29) is 12.5 Å². The van der Waals surface area contributed by atoms with Crippen LogP contribution in [0.15, 0.2) is 18.2 Å². The lowest BCUT2D eigenvalue weighted by Gasteiger charge is -2.17. The Balaban J connectivity index is 2.61. The Kier molecular flexibility index (Phi) is 6.36. The van der Waals surface area contributed by atoms with Crippen LogP contribution in [-0.2, 0) is 4.79 Å². The fourth-order valence-electron chi connectivity index (χ4n) is 2.04. The number of unbranched alkanes of at least 4 members (excludes halogenated alkanes) is 1. The molecule has 4 heteroatoms. The molecule has 0 fully saturated rings. The van der Waals surface area contributed by atoms with Gasteiger partial charge in [0.2, 0.25) is 0 Å². The molecule has 1 unspecified atom stereocenters. The molecule has 106 valence electrons. The summed E-state index contributed by atoms with van der Waals surface area (Å²) in [5, 5.41) is 8.59. The molecule has 4 nitrogen and oxygen atoms in total. The quantitative estimate of drug-likeness (QED) is 0.709. The maximum absolute atomic E-state index is 10.4. The van der Waals surface area contributed by atoms with Gasteiger partial charge in [0.1, 0.15) is 5.75 Å². The number of benzene rings is 1. The van der Waals surface area contributed by atoms with E-state index in [1.807, 2.05) is 32.0 Å². The van der Waals surface area contributed by atoms with Crippen LogP contribution in [0.5, 0.6) is 5.75 Å². The molecule has 0 aliphatic carbocycles. The van der Waals surface area contributed by atoms with Crippen LogP contribution in [-0.4, -0.2) is 17.7 Å². The highest BCUT2D eigenvalue weighted by Gasteiger charge is 2.12. The first-order valence-electron chi connectivity index (χ1n) is 6.75. The molecule has 1 rings (SSSR count). The highest BCUT2D eigenvalue weighted by molar-refractivity contribution is 5.66. The first-order valence-corrected chi connectivity index (χ1v) is 6.75. The minimum Gasteiger partial charge on any atom is -0.494 e. The van der Waals surface area contributed by atoms with Gasteiger partial charge in [-0.25, -0.2) is 0 Å². The molecule has 3 N–H and O–H groups in total. The normalized spacial score (nSPS) is 12.2. The summed E-state index contributed by atoms with van der Waals surface area (Å²) in [6, 6.07) is 5.90. The van der Waals surface area contributed by atoms with Gasteiger partial charge in [-0.1, -0.05) is 24.1 Å². The van der Waals surface area contributed by atoms with Gasteiger partial charge in [0.15, 0.2) is 0 Å². The Morgan fingerprint density at radius 3 is 2.79 bits per heavy atom. The first-order chi connectivity index (χ1) is 9.04. The lowest BCUT2D eigenvalue weighted by Crippen LogP contribution is -2.12. The number of aliphatic carboxylic acids is 1. The zero-order valence-corrected chi connectivity index (χ0v) is 11.7. The predicted molar refractivity (Wildman–Crippen MR) is 75.4 cm³/mol. The number of rotatable bonds is 8. The average molecular weight is 265 g/mol. The van der Waals surface area contributed by atoms with Crippen molar-refractivity contribution in [3.05, 3.63) is 29.3 Å². The van der Waals surface area contributed by atoms with Crippen LogP contribution in [0.1, 0.15) is 49.8 Å². The second kappa shape index (κ2) is 7.79. The molecule has 1 atom stereocenters. The maximum Gasteiger partial charge on any atom is 0.303 e. The molecule has 0 saturated heterocycles. The number of hydrogen-bond acceptors (Lipinski definition) is 3. The van der Waals surface area contributed by atoms with E-state index in [2.05, 4.69) is 0 Å². The Morgan fingerprint density at radius 2 is 2.16 bits per heavy atom. The average Bonchev–Trinajstić information content (AvgIpc) is 2.36. The van der Waals surface area contributed by atoms with Gasteiger partial charge in [-0.15, -0.1) is 0 Å². The molecule has 1 aromatic rings. The van der Waals surface area contributed by atoms with Crippen molar-refractivity contribution in [3.8, 4) is 5.75 Å². The van der Waals surface area contributed by atoms with Gasteiger partial charge in [0.25, 0.3) is 0 Å². The second-order valence-electron chi connectivity index (χ2n) is 4.72. The van der Waals surface area contributed by atoms with Gasteiger partial charge in [-0.3, -0.25) is 4.79 Å². The number of carboxylic acid groups (broad SMARTS) is 1. The van der Waals surface area contributed by atoms with Crippen molar-refractivity contribution < 1.29 is 14.6 Å². The predicted octanol–water partition coefficient (Wildman–Crippen LogP) is 3.04. The van der Waals surface area contributed by atoms with E-state index in [1.165, 1.54) is 0 Å². The third kappa shape index (κ3) is 5.30. The number of carbonyl (C=O) groups is 1. The van der Waals surface area contributed by atoms with E-state index in [0.717, 1.165) is 29.7 Å². The zero-order valence-electron chi connectivity index (χ0n) is 11.7. The SMILES string of the molecule is CCOc1ccc(C)cc1C(N)CCCCC(=O)O. The lowest BCUT2D eigenvalue weighted by atomic mass is 9.98. The molecule has 19 heavy (non-hydrogen) atoms. The van der Waals surface area contributed by atoms with Gasteiger partial charge >= 0.3 is 5.97 Å². The standard InChI is InChI=1S/C15H23NO3/c1-3-19-14-9-8-11(2)10-12(14)13(16)6-4-5-7-15(17)18/h8-10,13H,3-7,16H2,1-2H3,(H,17,18). The molecule has 0 spiro atoms. The van der Waals surface area contributed by atoms with Crippen LogP contribution in [0.4, 0.5) is 0 Å². The van der Waals surface area contributed by atoms with Crippen molar-refractivity contribution in [2.75, 3.05) is 6.61 Å². The zero-order chi connectivity index (χ0) is 14.3. The number of carboxylic acids is 1. The molecule has 0 saturated carbocycles. The molecule has 0 heterocycles. The molecule has 0 bridgehead atoms. The van der Waals surface area contributed by atoms with E-state index in [0.29, 0.717) is 13.0 Å². The van der Waals surface area contributed by atoms with Crippen LogP contribution in [0.25, 0.3) is 0 Å². The van der Waals surface area contributed by atoms with Gasteiger partial charge in [-0.2, -0.15) is 0 Å². The molecular weight excluding hydrogens is 242 g/mol. The molecule has 0 radical (unpaired) electrons. The van der Waals surface area contributed by atoms with Crippen LogP contribution in [0, 0.1) is 6.92 Å². The van der Waals surface area contributed by atoms with E-state index in [4.69, 9.17) is 15.6 Å². The van der Waals surface area contributed by atoms with Crippen molar-refractivity contribution in [1.82, 2.24) is 0 Å². The third-order valence-corrected chi connectivity index (χ3v) is 3.02. The first kappa shape index (κ1) is 15.5. The summed E-state index contributed by atoms with van der Waals surface area (Å²) in [6.07, 6.45) is 2.46. The van der Waals surface area contributed by atoms with E-state index in [1.54, 1.807) is 0 Å². The summed E-state index contributed by atoms with van der Waals surface area (Å²) in [5.74, 6) is 0.0815. The molecule has 0 amide bonds. The van der Waals surface area contributed by atoms with Gasteiger partial charge < -0.3 is 15.6 Å². The summed E-state index contributed by atoms with van der Waals surface area (Å²) >= 11 is 0. The minimum absolute atomic E-state index is 0.102. The summed E-state index contributed by atoms with van der Waals surface area (Å²) in [6.45, 7) is 4.58. The third-order valence-electron chi connectivity index (χ3n) is 3.02. The van der Waals surface area contributed by atoms with Crippen molar-refractivity contribution in [1.29, 1.82) is 0 Å². The van der Waals surface area contributed by atoms with Crippen LogP contribution in [0.3, 0.4) is 0 Å². The van der Waals surface area contributed by atoms with E-state index < -0.39 is 5.97 Å². The summed E-state index contributed by atoms with van der Waals surface area (Å²) in [4.78, 5) is 10.4. The lowest BCUT2D eigenvalue weighted by molar-refractivity contribution is -0.137. The molecule has 0 aliphatic rings. The van der Waals surface area contributed by atoms with Crippen LogP contribution in [0.2, 0.25) is 0 Å². The van der Waals surface area contributed by atoms with Crippen LogP contribution < -0.4 is 10.5 Å². The Bertz CT molecular complexity index is 418. The van der Waals surface area contributed by atoms with Crippen molar-refractivity contribution in [3.63, 3.8) is 0 Å². The fraction of sp³-hybridized carbons (Fsp3) is 0.533. The summed E-state index contributed by atoms with van der Waals surface area (Å²) < 4.78 is 5.58. The Morgan fingerprint density at radius 1 is 1.42 bits per heavy atom. The summed E-state index contributed by atoms with van der Waals surface area (Å²) in [5.41, 5.74) is 8.35. The Hall–Kier alpha value is -1.55. The Labute approximate surface area is 114 Å². The minimum atomic E-state index is -0.751. The number of nitrogens with two attached hydrogens (primary N) is 1. The topological polar surface area (TPSA) is 72.5 Å². The van der Waals surface area contributed by atoms with Gasteiger partial charge in [0, 0.05) is 18.0 Å². The van der Waals surface area contributed by atoms with E-state index >= 15 is 0 Å². The number of ether oxygens (including phenoxy) is 1. The van der Waals surface area contributed by atoms with Gasteiger partial charge in [-0.05, 0) is 32.8 Å². The van der Waals surface area contributed by atoms with Gasteiger partial charge in [0.05, 0.1) is 6.61 Å². The molecule has 1 aromatic carbocycles. The number of hydrogen-bond donors (Lipinski definition) is 2. The summed E-state index contributed by atoms with van der Waals surface area (Å²) in [7, 11) is 0. The largest absolute Gasteiger partial charge is 0.494 e. The highest BCUT2D eigenvalue weighted by atomic mass is 16.5. The fourth-order valence-corrected chi connectivity index (χ4v) is 2.04. The highest BCUT2D eigenvalue weighted by Crippen LogP contribution is 2.28. The maximum atomic E-state index is 10.4. The van der Waals surface area contributed by atoms with Crippen molar-refractivity contribution in [2.24, 2.45) is 5.73 Å². The van der Waals surface area contributed by atoms with Crippen molar-refractivity contribution in [2.45, 2.75) is 45.6 Å².